The third kappa shape index (κ3) is 5.23. The number of ether oxygens (including phenoxy) is 2. The van der Waals surface area contributed by atoms with Gasteiger partial charge in [0.05, 0.1) is 13.2 Å². The molecule has 4 heteroatoms. The topological polar surface area (TPSA) is 24.9 Å². The molecule has 0 saturated carbocycles. The van der Waals surface area contributed by atoms with E-state index >= 15 is 0 Å². The van der Waals surface area contributed by atoms with Crippen LogP contribution in [0.2, 0.25) is 0 Å². The summed E-state index contributed by atoms with van der Waals surface area (Å²) in [7, 11) is 0. The molecule has 2 aromatic rings. The highest BCUT2D eigenvalue weighted by Crippen LogP contribution is 2.22. The summed E-state index contributed by atoms with van der Waals surface area (Å²) >= 11 is 0. The average Bonchev–Trinajstić information content (AvgIpc) is 2.69. The van der Waals surface area contributed by atoms with Crippen LogP contribution in [0.3, 0.4) is 0 Å². The van der Waals surface area contributed by atoms with Gasteiger partial charge in [0.15, 0.2) is 0 Å². The molecular weight excluding hydrogens is 324 g/mol. The van der Waals surface area contributed by atoms with Gasteiger partial charge in [-0.25, -0.2) is 0 Å². The van der Waals surface area contributed by atoms with Gasteiger partial charge in [-0.3, -0.25) is 4.90 Å². The van der Waals surface area contributed by atoms with Crippen LogP contribution < -0.4 is 9.64 Å². The minimum Gasteiger partial charge on any atom is -0.492 e. The number of rotatable bonds is 8. The molecular formula is C22H30N2O2. The molecule has 3 rings (SSSR count). The van der Waals surface area contributed by atoms with E-state index in [2.05, 4.69) is 72.2 Å². The number of para-hydroxylation sites is 1. The van der Waals surface area contributed by atoms with Crippen molar-refractivity contribution in [3.8, 4) is 5.75 Å². The van der Waals surface area contributed by atoms with Crippen molar-refractivity contribution in [2.24, 2.45) is 0 Å². The molecule has 1 aliphatic rings. The van der Waals surface area contributed by atoms with E-state index in [0.717, 1.165) is 58.3 Å². The van der Waals surface area contributed by atoms with Crippen LogP contribution in [-0.2, 0) is 11.3 Å². The maximum absolute atomic E-state index is 5.90. The van der Waals surface area contributed by atoms with Crippen LogP contribution in [0.15, 0.2) is 48.5 Å². The summed E-state index contributed by atoms with van der Waals surface area (Å²) in [4.78, 5) is 4.79. The molecule has 1 fully saturated rings. The lowest BCUT2D eigenvalue weighted by molar-refractivity contribution is 0.0322. The number of aryl methyl sites for hydroxylation is 1. The maximum atomic E-state index is 5.90. The van der Waals surface area contributed by atoms with E-state index in [1.807, 2.05) is 0 Å². The van der Waals surface area contributed by atoms with Crippen molar-refractivity contribution in [2.75, 3.05) is 50.9 Å². The Labute approximate surface area is 157 Å². The van der Waals surface area contributed by atoms with E-state index in [1.54, 1.807) is 0 Å². The molecule has 0 N–H and O–H groups in total. The van der Waals surface area contributed by atoms with Gasteiger partial charge in [0.2, 0.25) is 0 Å². The predicted octanol–water partition coefficient (Wildman–Crippen LogP) is 3.73. The van der Waals surface area contributed by atoms with Crippen LogP contribution in [0.5, 0.6) is 5.75 Å². The smallest absolute Gasteiger partial charge is 0.119 e. The average molecular weight is 354 g/mol. The SMILES string of the molecule is CCN(Cc1ccc(OCCN2CCOCC2)cc1)c1ccccc1C. The highest BCUT2D eigenvalue weighted by molar-refractivity contribution is 5.53. The van der Waals surface area contributed by atoms with Gasteiger partial charge in [-0.2, -0.15) is 0 Å². The Morgan fingerprint density at radius 2 is 1.77 bits per heavy atom. The van der Waals surface area contributed by atoms with Crippen LogP contribution >= 0.6 is 0 Å². The lowest BCUT2D eigenvalue weighted by atomic mass is 10.1. The summed E-state index contributed by atoms with van der Waals surface area (Å²) in [6.07, 6.45) is 0. The van der Waals surface area contributed by atoms with Gasteiger partial charge in [-0.1, -0.05) is 30.3 Å². The molecule has 1 aliphatic heterocycles. The first-order valence-electron chi connectivity index (χ1n) is 9.58. The number of morpholine rings is 1. The Morgan fingerprint density at radius 3 is 2.46 bits per heavy atom. The Morgan fingerprint density at radius 1 is 1.04 bits per heavy atom. The van der Waals surface area contributed by atoms with Gasteiger partial charge in [0.1, 0.15) is 12.4 Å². The maximum Gasteiger partial charge on any atom is 0.119 e. The zero-order valence-corrected chi connectivity index (χ0v) is 16.0. The van der Waals surface area contributed by atoms with E-state index < -0.39 is 0 Å². The minimum atomic E-state index is 0.726. The number of nitrogens with zero attached hydrogens (tertiary/aromatic N) is 2. The third-order valence-electron chi connectivity index (χ3n) is 4.91. The Balaban J connectivity index is 1.51. The van der Waals surface area contributed by atoms with E-state index in [0.29, 0.717) is 0 Å². The van der Waals surface area contributed by atoms with Gasteiger partial charge < -0.3 is 14.4 Å². The Kier molecular flexibility index (Phi) is 6.92. The lowest BCUT2D eigenvalue weighted by Crippen LogP contribution is -2.38. The van der Waals surface area contributed by atoms with Crippen LogP contribution in [-0.4, -0.2) is 50.9 Å². The second-order valence-corrected chi connectivity index (χ2v) is 6.75. The predicted molar refractivity (Wildman–Crippen MR) is 107 cm³/mol. The fourth-order valence-corrected chi connectivity index (χ4v) is 3.31. The normalized spacial score (nSPS) is 15.0. The van der Waals surface area contributed by atoms with Crippen LogP contribution in [0.4, 0.5) is 5.69 Å². The summed E-state index contributed by atoms with van der Waals surface area (Å²) in [6, 6.07) is 17.1. The van der Waals surface area contributed by atoms with Crippen molar-refractivity contribution in [2.45, 2.75) is 20.4 Å². The second kappa shape index (κ2) is 9.60. The lowest BCUT2D eigenvalue weighted by Gasteiger charge is -2.26. The van der Waals surface area contributed by atoms with Crippen molar-refractivity contribution in [1.29, 1.82) is 0 Å². The zero-order chi connectivity index (χ0) is 18.2. The molecule has 0 amide bonds. The molecule has 2 aromatic carbocycles. The van der Waals surface area contributed by atoms with Crippen molar-refractivity contribution in [1.82, 2.24) is 4.90 Å². The molecule has 4 nitrogen and oxygen atoms in total. The summed E-state index contributed by atoms with van der Waals surface area (Å²) in [5.41, 5.74) is 3.92. The monoisotopic (exact) mass is 354 g/mol. The summed E-state index contributed by atoms with van der Waals surface area (Å²) in [5.74, 6) is 0.945. The second-order valence-electron chi connectivity index (χ2n) is 6.75. The molecule has 0 bridgehead atoms. The van der Waals surface area contributed by atoms with Gasteiger partial charge >= 0.3 is 0 Å². The molecule has 0 spiro atoms. The summed E-state index contributed by atoms with van der Waals surface area (Å²) < 4.78 is 11.3. The van der Waals surface area contributed by atoms with E-state index in [1.165, 1.54) is 16.8 Å². The third-order valence-corrected chi connectivity index (χ3v) is 4.91. The quantitative estimate of drug-likeness (QED) is 0.721. The van der Waals surface area contributed by atoms with Crippen molar-refractivity contribution >= 4 is 5.69 Å². The van der Waals surface area contributed by atoms with Crippen molar-refractivity contribution in [3.05, 3.63) is 59.7 Å². The van der Waals surface area contributed by atoms with Gasteiger partial charge in [0, 0.05) is 38.4 Å². The fraction of sp³-hybridized carbons (Fsp3) is 0.455. The highest BCUT2D eigenvalue weighted by Gasteiger charge is 2.10. The minimum absolute atomic E-state index is 0.726. The standard InChI is InChI=1S/C22H30N2O2/c1-3-24(22-7-5-4-6-19(22)2)18-20-8-10-21(11-9-20)26-17-14-23-12-15-25-16-13-23/h4-11H,3,12-18H2,1-2H3. The highest BCUT2D eigenvalue weighted by atomic mass is 16.5. The summed E-state index contributed by atoms with van der Waals surface area (Å²) in [6.45, 7) is 11.7. The molecule has 26 heavy (non-hydrogen) atoms. The molecule has 0 aromatic heterocycles. The van der Waals surface area contributed by atoms with Gasteiger partial charge in [-0.05, 0) is 43.2 Å². The summed E-state index contributed by atoms with van der Waals surface area (Å²) in [5, 5.41) is 0. The molecule has 0 aliphatic carbocycles. The number of hydrogen-bond acceptors (Lipinski definition) is 4. The molecule has 1 saturated heterocycles. The first-order chi connectivity index (χ1) is 12.8. The van der Waals surface area contributed by atoms with Crippen LogP contribution in [0.25, 0.3) is 0 Å². The Hall–Kier alpha value is -2.04. The zero-order valence-electron chi connectivity index (χ0n) is 16.0. The molecule has 0 radical (unpaired) electrons. The molecule has 0 unspecified atom stereocenters. The molecule has 0 atom stereocenters. The first kappa shape index (κ1) is 18.7. The number of hydrogen-bond donors (Lipinski definition) is 0. The van der Waals surface area contributed by atoms with Gasteiger partial charge in [-0.15, -0.1) is 0 Å². The molecule has 140 valence electrons. The molecule has 1 heterocycles. The number of benzene rings is 2. The Bertz CT molecular complexity index is 666. The van der Waals surface area contributed by atoms with Crippen molar-refractivity contribution in [3.63, 3.8) is 0 Å². The van der Waals surface area contributed by atoms with Crippen molar-refractivity contribution < 1.29 is 9.47 Å². The number of anilines is 1. The van der Waals surface area contributed by atoms with E-state index in [4.69, 9.17) is 9.47 Å². The van der Waals surface area contributed by atoms with E-state index in [-0.39, 0.29) is 0 Å². The van der Waals surface area contributed by atoms with Gasteiger partial charge in [0.25, 0.3) is 0 Å². The largest absolute Gasteiger partial charge is 0.492 e. The first-order valence-corrected chi connectivity index (χ1v) is 9.58. The van der Waals surface area contributed by atoms with E-state index in [9.17, 15) is 0 Å². The fourth-order valence-electron chi connectivity index (χ4n) is 3.31. The van der Waals surface area contributed by atoms with Crippen LogP contribution in [0, 0.1) is 6.92 Å². The van der Waals surface area contributed by atoms with Crippen LogP contribution in [0.1, 0.15) is 18.1 Å².